The normalized spacial score (nSPS) is 10.3. The lowest BCUT2D eigenvalue weighted by atomic mass is 9.99. The minimum atomic E-state index is -1.60. The van der Waals surface area contributed by atoms with Crippen LogP contribution in [0.25, 0.3) is 11.1 Å². The molecule has 12 nitrogen and oxygen atoms in total. The zero-order valence-electron chi connectivity index (χ0n) is 17.3. The summed E-state index contributed by atoms with van der Waals surface area (Å²) >= 11 is 0. The van der Waals surface area contributed by atoms with E-state index in [-0.39, 0.29) is 22.3 Å². The van der Waals surface area contributed by atoms with Gasteiger partial charge in [-0.2, -0.15) is 0 Å². The van der Waals surface area contributed by atoms with Crippen molar-refractivity contribution in [1.29, 1.82) is 0 Å². The Labute approximate surface area is 194 Å². The zero-order chi connectivity index (χ0) is 25.9. The Kier molecular flexibility index (Phi) is 6.67. The molecular formula is C23H13NO11. The van der Waals surface area contributed by atoms with Crippen LogP contribution in [0.15, 0.2) is 54.6 Å². The van der Waals surface area contributed by atoms with Gasteiger partial charge >= 0.3 is 35.8 Å². The molecule has 3 aromatic rings. The third kappa shape index (κ3) is 5.51. The predicted octanol–water partition coefficient (Wildman–Crippen LogP) is 2.54. The molecule has 12 heteroatoms. The van der Waals surface area contributed by atoms with E-state index in [1.54, 1.807) is 0 Å². The summed E-state index contributed by atoms with van der Waals surface area (Å²) in [5.74, 6) is -8.33. The van der Waals surface area contributed by atoms with Crippen LogP contribution in [0.1, 0.15) is 62.4 Å². The van der Waals surface area contributed by atoms with Gasteiger partial charge < -0.3 is 25.2 Å². The highest BCUT2D eigenvalue weighted by atomic mass is 16.6. The Balaban J connectivity index is 1.85. The first-order valence-corrected chi connectivity index (χ1v) is 9.43. The number of aromatic nitrogens is 1. The average Bonchev–Trinajstić information content (AvgIpc) is 2.83. The number of carbonyl (C=O) groups excluding carboxylic acids is 2. The predicted molar refractivity (Wildman–Crippen MR) is 114 cm³/mol. The maximum absolute atomic E-state index is 12.3. The number of hydrogen-bond donors (Lipinski definition) is 4. The fraction of sp³-hybridized carbons (Fsp3) is 0. The highest BCUT2D eigenvalue weighted by molar-refractivity contribution is 6.04. The molecule has 0 bridgehead atoms. The third-order valence-electron chi connectivity index (χ3n) is 4.57. The van der Waals surface area contributed by atoms with Crippen molar-refractivity contribution in [2.45, 2.75) is 0 Å². The van der Waals surface area contributed by atoms with Gasteiger partial charge in [0.25, 0.3) is 0 Å². The number of nitrogens with zero attached hydrogens (tertiary/aromatic N) is 1. The van der Waals surface area contributed by atoms with E-state index in [4.69, 9.17) is 10.2 Å². The fourth-order valence-electron chi connectivity index (χ4n) is 2.90. The second-order valence-corrected chi connectivity index (χ2v) is 6.90. The van der Waals surface area contributed by atoms with Gasteiger partial charge in [-0.05, 0) is 53.6 Å². The molecule has 2 aromatic carbocycles. The van der Waals surface area contributed by atoms with E-state index >= 15 is 0 Å². The Morgan fingerprint density at radius 2 is 1.00 bits per heavy atom. The number of esters is 2. The van der Waals surface area contributed by atoms with E-state index in [1.165, 1.54) is 36.4 Å². The standard InChI is InChI=1S/C23H13NO11/c25-18(26)13-5-12(6-14(7-13)19(27)28)10-1-3-11(4-2-10)22(33)35-23(34)17-9-15(20(29)30)8-16(24-17)21(31)32/h1-9H,(H,25,26)(H,27,28)(H,29,30)(H,31,32). The van der Waals surface area contributed by atoms with Crippen molar-refractivity contribution >= 4 is 35.8 Å². The molecular weight excluding hydrogens is 466 g/mol. The fourth-order valence-corrected chi connectivity index (χ4v) is 2.90. The van der Waals surface area contributed by atoms with Crippen molar-refractivity contribution in [3.8, 4) is 11.1 Å². The Morgan fingerprint density at radius 1 is 0.514 bits per heavy atom. The molecule has 0 aliphatic heterocycles. The first-order chi connectivity index (χ1) is 16.5. The quantitative estimate of drug-likeness (QED) is 0.285. The lowest BCUT2D eigenvalue weighted by molar-refractivity contribution is 0.0392. The van der Waals surface area contributed by atoms with Crippen LogP contribution in [0.3, 0.4) is 0 Å². The average molecular weight is 479 g/mol. The molecule has 0 unspecified atom stereocenters. The van der Waals surface area contributed by atoms with Gasteiger partial charge in [-0.25, -0.2) is 33.8 Å². The summed E-state index contributed by atoms with van der Waals surface area (Å²) in [4.78, 5) is 72.9. The van der Waals surface area contributed by atoms with Crippen molar-refractivity contribution in [2.75, 3.05) is 0 Å². The molecule has 35 heavy (non-hydrogen) atoms. The largest absolute Gasteiger partial charge is 0.478 e. The molecule has 176 valence electrons. The monoisotopic (exact) mass is 479 g/mol. The number of benzene rings is 2. The van der Waals surface area contributed by atoms with Gasteiger partial charge in [-0.1, -0.05) is 12.1 Å². The summed E-state index contributed by atoms with van der Waals surface area (Å²) in [5.41, 5.74) is -2.05. The lowest BCUT2D eigenvalue weighted by Gasteiger charge is -2.08. The van der Waals surface area contributed by atoms with Crippen LogP contribution in [-0.4, -0.2) is 61.2 Å². The molecule has 0 aliphatic carbocycles. The summed E-state index contributed by atoms with van der Waals surface area (Å²) < 4.78 is 4.66. The van der Waals surface area contributed by atoms with Crippen molar-refractivity contribution in [1.82, 2.24) is 4.98 Å². The highest BCUT2D eigenvalue weighted by Crippen LogP contribution is 2.24. The molecule has 0 fully saturated rings. The van der Waals surface area contributed by atoms with Gasteiger partial charge in [-0.3, -0.25) is 0 Å². The number of pyridine rings is 1. The first kappa shape index (κ1) is 24.3. The number of aromatic carboxylic acids is 4. The SMILES string of the molecule is O=C(O)c1cc(C(=O)O)cc(-c2ccc(C(=O)OC(=O)c3cc(C(=O)O)cc(C(=O)O)n3)cc2)c1. The maximum atomic E-state index is 12.3. The number of ether oxygens (including phenoxy) is 1. The summed E-state index contributed by atoms with van der Waals surface area (Å²) in [6, 6.07) is 10.1. The molecule has 3 rings (SSSR count). The van der Waals surface area contributed by atoms with E-state index in [0.29, 0.717) is 5.56 Å². The van der Waals surface area contributed by atoms with E-state index in [2.05, 4.69) is 9.72 Å². The topological polar surface area (TPSA) is 205 Å². The molecule has 0 amide bonds. The van der Waals surface area contributed by atoms with Gasteiger partial charge in [0.2, 0.25) is 0 Å². The van der Waals surface area contributed by atoms with Gasteiger partial charge in [0.15, 0.2) is 5.69 Å². The van der Waals surface area contributed by atoms with E-state index in [0.717, 1.165) is 18.2 Å². The van der Waals surface area contributed by atoms with Crippen LogP contribution in [0.4, 0.5) is 0 Å². The van der Waals surface area contributed by atoms with Crippen LogP contribution < -0.4 is 0 Å². The molecule has 4 N–H and O–H groups in total. The Morgan fingerprint density at radius 3 is 1.49 bits per heavy atom. The van der Waals surface area contributed by atoms with Gasteiger partial charge in [-0.15, -0.1) is 0 Å². The van der Waals surface area contributed by atoms with Gasteiger partial charge in [0, 0.05) is 0 Å². The Bertz CT molecular complexity index is 1340. The van der Waals surface area contributed by atoms with E-state index in [9.17, 15) is 39.0 Å². The maximum Gasteiger partial charge on any atom is 0.364 e. The lowest BCUT2D eigenvalue weighted by Crippen LogP contribution is -2.17. The first-order valence-electron chi connectivity index (χ1n) is 9.43. The molecule has 0 aliphatic rings. The second kappa shape index (κ2) is 9.62. The zero-order valence-corrected chi connectivity index (χ0v) is 17.3. The number of rotatable bonds is 7. The summed E-state index contributed by atoms with van der Waals surface area (Å²) in [6.45, 7) is 0. The van der Waals surface area contributed by atoms with Crippen molar-refractivity contribution < 1.29 is 53.9 Å². The van der Waals surface area contributed by atoms with Crippen LogP contribution >= 0.6 is 0 Å². The summed E-state index contributed by atoms with van der Waals surface area (Å²) in [6.07, 6.45) is 0. The van der Waals surface area contributed by atoms with Gasteiger partial charge in [0.05, 0.1) is 22.3 Å². The summed E-state index contributed by atoms with van der Waals surface area (Å²) in [5, 5.41) is 36.5. The van der Waals surface area contributed by atoms with Crippen LogP contribution in [-0.2, 0) is 4.74 Å². The minimum Gasteiger partial charge on any atom is -0.478 e. The smallest absolute Gasteiger partial charge is 0.364 e. The highest BCUT2D eigenvalue weighted by Gasteiger charge is 2.21. The van der Waals surface area contributed by atoms with Crippen LogP contribution in [0, 0.1) is 0 Å². The van der Waals surface area contributed by atoms with Crippen molar-refractivity contribution in [2.24, 2.45) is 0 Å². The number of carboxylic acids is 4. The number of carboxylic acid groups (broad SMARTS) is 4. The van der Waals surface area contributed by atoms with Gasteiger partial charge in [0.1, 0.15) is 5.69 Å². The van der Waals surface area contributed by atoms with E-state index < -0.39 is 52.8 Å². The number of hydrogen-bond acceptors (Lipinski definition) is 8. The molecule has 0 saturated carbocycles. The summed E-state index contributed by atoms with van der Waals surface area (Å²) in [7, 11) is 0. The van der Waals surface area contributed by atoms with Crippen LogP contribution in [0.5, 0.6) is 0 Å². The molecule has 0 saturated heterocycles. The van der Waals surface area contributed by atoms with Crippen molar-refractivity contribution in [3.05, 3.63) is 88.2 Å². The molecule has 0 spiro atoms. The minimum absolute atomic E-state index is 0.136. The molecule has 1 aromatic heterocycles. The van der Waals surface area contributed by atoms with Crippen molar-refractivity contribution in [3.63, 3.8) is 0 Å². The molecule has 1 heterocycles. The van der Waals surface area contributed by atoms with Crippen LogP contribution in [0.2, 0.25) is 0 Å². The number of carbonyl (C=O) groups is 6. The molecule has 0 atom stereocenters. The Hall–Kier alpha value is -5.39. The third-order valence-corrected chi connectivity index (χ3v) is 4.57. The second-order valence-electron chi connectivity index (χ2n) is 6.90. The molecule has 0 radical (unpaired) electrons. The van der Waals surface area contributed by atoms with E-state index in [1.807, 2.05) is 0 Å².